The number of hydrogen-bond donors (Lipinski definition) is 2. The number of aromatic hydroxyl groups is 1. The van der Waals surface area contributed by atoms with E-state index in [1.807, 2.05) is 0 Å². The molecule has 1 fully saturated rings. The number of phenols is 1. The van der Waals surface area contributed by atoms with Gasteiger partial charge in [-0.2, -0.15) is 0 Å². The number of phenolic OH excluding ortho intramolecular Hbond substituents is 1. The number of nitrogens with two attached hydrogens (primary N) is 1. The van der Waals surface area contributed by atoms with Gasteiger partial charge in [0.05, 0.1) is 0 Å². The second kappa shape index (κ2) is 3.58. The Morgan fingerprint density at radius 2 is 2.14 bits per heavy atom. The summed E-state index contributed by atoms with van der Waals surface area (Å²) >= 11 is 0. The van der Waals surface area contributed by atoms with Crippen molar-refractivity contribution in [2.24, 2.45) is 5.73 Å². The summed E-state index contributed by atoms with van der Waals surface area (Å²) in [7, 11) is 0. The van der Waals surface area contributed by atoms with Crippen molar-refractivity contribution >= 4 is 0 Å². The van der Waals surface area contributed by atoms with Crippen LogP contribution >= 0.6 is 0 Å². The molecule has 2 unspecified atom stereocenters. The molecule has 0 radical (unpaired) electrons. The smallest absolute Gasteiger partial charge is 0.126 e. The van der Waals surface area contributed by atoms with E-state index in [1.165, 1.54) is 12.1 Å². The van der Waals surface area contributed by atoms with E-state index in [0.29, 0.717) is 5.92 Å². The molecule has 1 aromatic rings. The van der Waals surface area contributed by atoms with Gasteiger partial charge in [0.15, 0.2) is 0 Å². The van der Waals surface area contributed by atoms with Gasteiger partial charge in [0.2, 0.25) is 0 Å². The maximum Gasteiger partial charge on any atom is 0.126 e. The van der Waals surface area contributed by atoms with E-state index in [2.05, 4.69) is 0 Å². The number of rotatable bonds is 1. The third-order valence-corrected chi connectivity index (χ3v) is 2.91. The van der Waals surface area contributed by atoms with Crippen LogP contribution in [0.15, 0.2) is 18.2 Å². The zero-order valence-corrected chi connectivity index (χ0v) is 7.91. The molecule has 1 aromatic carbocycles. The van der Waals surface area contributed by atoms with Crippen molar-refractivity contribution in [1.29, 1.82) is 0 Å². The largest absolute Gasteiger partial charge is 0.508 e. The van der Waals surface area contributed by atoms with Gasteiger partial charge in [-0.25, -0.2) is 4.39 Å². The minimum atomic E-state index is -0.395. The SMILES string of the molecule is NC1CCC(c2ccc(F)cc2O)C1. The molecule has 0 amide bonds. The first kappa shape index (κ1) is 9.46. The Labute approximate surface area is 82.5 Å². The monoisotopic (exact) mass is 195 g/mol. The highest BCUT2D eigenvalue weighted by atomic mass is 19.1. The zero-order chi connectivity index (χ0) is 10.1. The molecule has 0 aromatic heterocycles. The van der Waals surface area contributed by atoms with Crippen LogP contribution in [0.25, 0.3) is 0 Å². The van der Waals surface area contributed by atoms with Crippen LogP contribution in [0.4, 0.5) is 4.39 Å². The van der Waals surface area contributed by atoms with Gasteiger partial charge in [-0.1, -0.05) is 6.07 Å². The highest BCUT2D eigenvalue weighted by molar-refractivity contribution is 5.36. The van der Waals surface area contributed by atoms with Crippen LogP contribution in [0.3, 0.4) is 0 Å². The lowest BCUT2D eigenvalue weighted by molar-refractivity contribution is 0.454. The normalized spacial score (nSPS) is 26.7. The van der Waals surface area contributed by atoms with Gasteiger partial charge >= 0.3 is 0 Å². The highest BCUT2D eigenvalue weighted by Crippen LogP contribution is 2.37. The maximum absolute atomic E-state index is 12.7. The molecular weight excluding hydrogens is 181 g/mol. The van der Waals surface area contributed by atoms with Crippen molar-refractivity contribution in [3.8, 4) is 5.75 Å². The van der Waals surface area contributed by atoms with E-state index in [4.69, 9.17) is 5.73 Å². The van der Waals surface area contributed by atoms with Crippen molar-refractivity contribution in [1.82, 2.24) is 0 Å². The second-order valence-electron chi connectivity index (χ2n) is 3.97. The van der Waals surface area contributed by atoms with Crippen LogP contribution in [0.5, 0.6) is 5.75 Å². The Morgan fingerprint density at radius 3 is 2.71 bits per heavy atom. The van der Waals surface area contributed by atoms with E-state index >= 15 is 0 Å². The van der Waals surface area contributed by atoms with Crippen LogP contribution in [-0.2, 0) is 0 Å². The Morgan fingerprint density at radius 1 is 1.36 bits per heavy atom. The molecule has 0 bridgehead atoms. The standard InChI is InChI=1S/C11H14FNO/c12-8-2-4-10(11(14)6-8)7-1-3-9(13)5-7/h2,4,6-7,9,14H,1,3,5,13H2. The minimum Gasteiger partial charge on any atom is -0.508 e. The third kappa shape index (κ3) is 1.73. The second-order valence-corrected chi connectivity index (χ2v) is 3.97. The van der Waals surface area contributed by atoms with Crippen LogP contribution in [-0.4, -0.2) is 11.1 Å². The molecule has 14 heavy (non-hydrogen) atoms. The Balaban J connectivity index is 2.24. The predicted octanol–water partition coefficient (Wildman–Crippen LogP) is 2.13. The van der Waals surface area contributed by atoms with Gasteiger partial charge in [0, 0.05) is 12.1 Å². The van der Waals surface area contributed by atoms with Crippen molar-refractivity contribution in [2.45, 2.75) is 31.2 Å². The maximum atomic E-state index is 12.7. The zero-order valence-electron chi connectivity index (χ0n) is 7.91. The number of halogens is 1. The average Bonchev–Trinajstić information content (AvgIpc) is 2.51. The Kier molecular flexibility index (Phi) is 2.42. The first-order chi connectivity index (χ1) is 6.66. The van der Waals surface area contributed by atoms with Crippen LogP contribution in [0.1, 0.15) is 30.7 Å². The minimum absolute atomic E-state index is 0.0594. The van der Waals surface area contributed by atoms with Gasteiger partial charge in [0.25, 0.3) is 0 Å². The van der Waals surface area contributed by atoms with Gasteiger partial charge < -0.3 is 10.8 Å². The summed E-state index contributed by atoms with van der Waals surface area (Å²) in [6, 6.07) is 4.44. The molecular formula is C11H14FNO. The summed E-state index contributed by atoms with van der Waals surface area (Å²) < 4.78 is 12.7. The van der Waals surface area contributed by atoms with E-state index in [9.17, 15) is 9.50 Å². The fourth-order valence-corrected chi connectivity index (χ4v) is 2.16. The number of hydrogen-bond acceptors (Lipinski definition) is 2. The van der Waals surface area contributed by atoms with Gasteiger partial charge in [-0.15, -0.1) is 0 Å². The average molecular weight is 195 g/mol. The molecule has 0 saturated heterocycles. The summed E-state index contributed by atoms with van der Waals surface area (Å²) in [5.74, 6) is -0.0387. The lowest BCUT2D eigenvalue weighted by Gasteiger charge is -2.11. The first-order valence-corrected chi connectivity index (χ1v) is 4.91. The molecule has 0 heterocycles. The van der Waals surface area contributed by atoms with Crippen molar-refractivity contribution in [3.05, 3.63) is 29.6 Å². The molecule has 1 aliphatic rings. The third-order valence-electron chi connectivity index (χ3n) is 2.91. The van der Waals surface area contributed by atoms with E-state index < -0.39 is 5.82 Å². The lowest BCUT2D eigenvalue weighted by atomic mass is 9.96. The predicted molar refractivity (Wildman–Crippen MR) is 52.6 cm³/mol. The van der Waals surface area contributed by atoms with Gasteiger partial charge in [-0.05, 0) is 36.8 Å². The quantitative estimate of drug-likeness (QED) is 0.721. The number of benzene rings is 1. The van der Waals surface area contributed by atoms with Crippen molar-refractivity contribution in [3.63, 3.8) is 0 Å². The molecule has 0 aliphatic heterocycles. The first-order valence-electron chi connectivity index (χ1n) is 4.91. The molecule has 3 heteroatoms. The molecule has 76 valence electrons. The van der Waals surface area contributed by atoms with E-state index in [-0.39, 0.29) is 11.8 Å². The van der Waals surface area contributed by atoms with E-state index in [0.717, 1.165) is 24.8 Å². The van der Waals surface area contributed by atoms with Crippen LogP contribution in [0.2, 0.25) is 0 Å². The molecule has 0 spiro atoms. The lowest BCUT2D eigenvalue weighted by Crippen LogP contribution is -2.14. The van der Waals surface area contributed by atoms with E-state index in [1.54, 1.807) is 6.07 Å². The summed E-state index contributed by atoms with van der Waals surface area (Å²) in [6.07, 6.45) is 2.86. The topological polar surface area (TPSA) is 46.2 Å². The summed E-state index contributed by atoms with van der Waals surface area (Å²) in [4.78, 5) is 0. The van der Waals surface area contributed by atoms with Gasteiger partial charge in [-0.3, -0.25) is 0 Å². The van der Waals surface area contributed by atoms with Crippen LogP contribution < -0.4 is 5.73 Å². The van der Waals surface area contributed by atoms with Crippen molar-refractivity contribution < 1.29 is 9.50 Å². The fraction of sp³-hybridized carbons (Fsp3) is 0.455. The molecule has 1 aliphatic carbocycles. The Hall–Kier alpha value is -1.09. The van der Waals surface area contributed by atoms with Crippen LogP contribution in [0, 0.1) is 5.82 Å². The molecule has 1 saturated carbocycles. The summed E-state index contributed by atoms with van der Waals surface area (Å²) in [6.45, 7) is 0. The fourth-order valence-electron chi connectivity index (χ4n) is 2.16. The molecule has 2 atom stereocenters. The molecule has 2 nitrogen and oxygen atoms in total. The van der Waals surface area contributed by atoms with Gasteiger partial charge in [0.1, 0.15) is 11.6 Å². The van der Waals surface area contributed by atoms with Crippen molar-refractivity contribution in [2.75, 3.05) is 0 Å². The summed E-state index contributed by atoms with van der Waals surface area (Å²) in [5.41, 5.74) is 6.62. The Bertz CT molecular complexity index is 340. The molecule has 2 rings (SSSR count). The highest BCUT2D eigenvalue weighted by Gasteiger charge is 2.25. The molecule has 3 N–H and O–H groups in total. The summed E-state index contributed by atoms with van der Waals surface area (Å²) in [5, 5.41) is 9.56.